The van der Waals surface area contributed by atoms with E-state index in [0.29, 0.717) is 0 Å². The Morgan fingerprint density at radius 3 is 1.95 bits per heavy atom. The zero-order chi connectivity index (χ0) is 15.6. The maximum Gasteiger partial charge on any atom is 0.190 e. The Morgan fingerprint density at radius 1 is 0.864 bits per heavy atom. The van der Waals surface area contributed by atoms with Crippen molar-refractivity contribution in [1.82, 2.24) is 10.6 Å². The lowest BCUT2D eigenvalue weighted by Crippen LogP contribution is -2.39. The Kier molecular flexibility index (Phi) is 6.42. The standard InChI is InChI=1S/C18H22FN3/c1-20-18(21-13-11-15-5-3-2-4-6-15)22-14-12-16-7-9-17(19)10-8-16/h2-10H,11-14H2,1H3,(H2,20,21,22). The van der Waals surface area contributed by atoms with Crippen LogP contribution in [0.4, 0.5) is 4.39 Å². The fourth-order valence-corrected chi connectivity index (χ4v) is 2.17. The fraction of sp³-hybridized carbons (Fsp3) is 0.278. The molecule has 0 atom stereocenters. The molecular formula is C18H22FN3. The molecule has 0 aliphatic heterocycles. The van der Waals surface area contributed by atoms with Crippen LogP contribution in [0.1, 0.15) is 11.1 Å². The van der Waals surface area contributed by atoms with Gasteiger partial charge < -0.3 is 10.6 Å². The highest BCUT2D eigenvalue weighted by Gasteiger charge is 1.99. The predicted octanol–water partition coefficient (Wildman–Crippen LogP) is 2.78. The molecule has 0 saturated carbocycles. The first-order chi connectivity index (χ1) is 10.8. The topological polar surface area (TPSA) is 36.4 Å². The molecule has 0 amide bonds. The minimum absolute atomic E-state index is 0.199. The van der Waals surface area contributed by atoms with Gasteiger partial charge in [-0.3, -0.25) is 4.99 Å². The average Bonchev–Trinajstić information content (AvgIpc) is 2.56. The molecule has 0 bridgehead atoms. The summed E-state index contributed by atoms with van der Waals surface area (Å²) in [6, 6.07) is 16.9. The van der Waals surface area contributed by atoms with Crippen LogP contribution < -0.4 is 10.6 Å². The summed E-state index contributed by atoms with van der Waals surface area (Å²) in [6.45, 7) is 1.59. The molecule has 2 rings (SSSR count). The van der Waals surface area contributed by atoms with Crippen molar-refractivity contribution in [3.63, 3.8) is 0 Å². The van der Waals surface area contributed by atoms with Crippen LogP contribution in [0.25, 0.3) is 0 Å². The van der Waals surface area contributed by atoms with Crippen LogP contribution in [0.15, 0.2) is 59.6 Å². The normalized spacial score (nSPS) is 11.3. The maximum absolute atomic E-state index is 12.8. The molecule has 2 aromatic carbocycles. The number of rotatable bonds is 6. The molecular weight excluding hydrogens is 277 g/mol. The van der Waals surface area contributed by atoms with Crippen LogP contribution in [0.5, 0.6) is 0 Å². The van der Waals surface area contributed by atoms with Crippen molar-refractivity contribution in [2.24, 2.45) is 4.99 Å². The van der Waals surface area contributed by atoms with Crippen molar-refractivity contribution in [3.05, 3.63) is 71.5 Å². The predicted molar refractivity (Wildman–Crippen MR) is 89.6 cm³/mol. The second kappa shape index (κ2) is 8.82. The number of nitrogens with zero attached hydrogens (tertiary/aromatic N) is 1. The first-order valence-electron chi connectivity index (χ1n) is 7.51. The van der Waals surface area contributed by atoms with Gasteiger partial charge in [-0.05, 0) is 36.1 Å². The molecule has 0 radical (unpaired) electrons. The van der Waals surface area contributed by atoms with Gasteiger partial charge in [-0.25, -0.2) is 4.39 Å². The van der Waals surface area contributed by atoms with E-state index in [1.54, 1.807) is 7.05 Å². The van der Waals surface area contributed by atoms with Crippen molar-refractivity contribution in [1.29, 1.82) is 0 Å². The molecule has 3 nitrogen and oxygen atoms in total. The van der Waals surface area contributed by atoms with Gasteiger partial charge in [0.05, 0.1) is 0 Å². The third kappa shape index (κ3) is 5.56. The smallest absolute Gasteiger partial charge is 0.190 e. The second-order valence-corrected chi connectivity index (χ2v) is 5.04. The molecule has 0 fully saturated rings. The molecule has 0 aliphatic rings. The summed E-state index contributed by atoms with van der Waals surface area (Å²) in [5, 5.41) is 6.56. The quantitative estimate of drug-likeness (QED) is 0.635. The van der Waals surface area contributed by atoms with Crippen molar-refractivity contribution >= 4 is 5.96 Å². The summed E-state index contributed by atoms with van der Waals surface area (Å²) in [5.74, 6) is 0.591. The van der Waals surface area contributed by atoms with Gasteiger partial charge in [0, 0.05) is 20.1 Å². The van der Waals surface area contributed by atoms with Crippen molar-refractivity contribution in [2.75, 3.05) is 20.1 Å². The Morgan fingerprint density at radius 2 is 1.41 bits per heavy atom. The first kappa shape index (κ1) is 16.0. The van der Waals surface area contributed by atoms with Crippen LogP contribution >= 0.6 is 0 Å². The molecule has 116 valence electrons. The van der Waals surface area contributed by atoms with Crippen LogP contribution in [0, 0.1) is 5.82 Å². The molecule has 0 unspecified atom stereocenters. The summed E-state index contributed by atoms with van der Waals surface area (Å²) in [7, 11) is 1.76. The van der Waals surface area contributed by atoms with Crippen molar-refractivity contribution < 1.29 is 4.39 Å². The molecule has 2 N–H and O–H groups in total. The van der Waals surface area contributed by atoms with Gasteiger partial charge in [-0.1, -0.05) is 42.5 Å². The van der Waals surface area contributed by atoms with E-state index in [0.717, 1.165) is 37.5 Å². The van der Waals surface area contributed by atoms with Crippen LogP contribution in [-0.4, -0.2) is 26.1 Å². The molecule has 0 aliphatic carbocycles. The highest BCUT2D eigenvalue weighted by molar-refractivity contribution is 5.79. The fourth-order valence-electron chi connectivity index (χ4n) is 2.17. The van der Waals surface area contributed by atoms with E-state index in [4.69, 9.17) is 0 Å². The Balaban J connectivity index is 1.68. The average molecular weight is 299 g/mol. The molecule has 0 heterocycles. The lowest BCUT2D eigenvalue weighted by molar-refractivity contribution is 0.626. The van der Waals surface area contributed by atoms with E-state index in [1.165, 1.54) is 17.7 Å². The van der Waals surface area contributed by atoms with Gasteiger partial charge >= 0.3 is 0 Å². The summed E-state index contributed by atoms with van der Waals surface area (Å²) in [4.78, 5) is 4.20. The Bertz CT molecular complexity index is 579. The van der Waals surface area contributed by atoms with Crippen molar-refractivity contribution in [3.8, 4) is 0 Å². The zero-order valence-electron chi connectivity index (χ0n) is 12.8. The van der Waals surface area contributed by atoms with Crippen LogP contribution in [-0.2, 0) is 12.8 Å². The highest BCUT2D eigenvalue weighted by Crippen LogP contribution is 2.02. The summed E-state index contributed by atoms with van der Waals surface area (Å²) in [5.41, 5.74) is 2.41. The number of guanidine groups is 1. The maximum atomic E-state index is 12.8. The monoisotopic (exact) mass is 299 g/mol. The van der Waals surface area contributed by atoms with Gasteiger partial charge in [0.25, 0.3) is 0 Å². The SMILES string of the molecule is CN=C(NCCc1ccccc1)NCCc1ccc(F)cc1. The van der Waals surface area contributed by atoms with Gasteiger partial charge in [0.1, 0.15) is 5.82 Å². The van der Waals surface area contributed by atoms with E-state index in [-0.39, 0.29) is 5.82 Å². The number of hydrogen-bond acceptors (Lipinski definition) is 1. The third-order valence-electron chi connectivity index (χ3n) is 3.39. The van der Waals surface area contributed by atoms with Crippen LogP contribution in [0.2, 0.25) is 0 Å². The second-order valence-electron chi connectivity index (χ2n) is 5.04. The number of halogens is 1. The number of benzene rings is 2. The third-order valence-corrected chi connectivity index (χ3v) is 3.39. The van der Waals surface area contributed by atoms with E-state index in [9.17, 15) is 4.39 Å². The van der Waals surface area contributed by atoms with Gasteiger partial charge in [0.15, 0.2) is 5.96 Å². The molecule has 2 aromatic rings. The van der Waals surface area contributed by atoms with Gasteiger partial charge in [-0.2, -0.15) is 0 Å². The Labute approximate surface area is 131 Å². The van der Waals surface area contributed by atoms with Crippen molar-refractivity contribution in [2.45, 2.75) is 12.8 Å². The van der Waals surface area contributed by atoms with Gasteiger partial charge in [0.2, 0.25) is 0 Å². The summed E-state index contributed by atoms with van der Waals surface area (Å²) < 4.78 is 12.8. The molecule has 22 heavy (non-hydrogen) atoms. The minimum atomic E-state index is -0.199. The number of hydrogen-bond donors (Lipinski definition) is 2. The summed E-state index contributed by atoms with van der Waals surface area (Å²) >= 11 is 0. The van der Waals surface area contributed by atoms with E-state index in [2.05, 4.69) is 27.8 Å². The Hall–Kier alpha value is -2.36. The van der Waals surface area contributed by atoms with Gasteiger partial charge in [-0.15, -0.1) is 0 Å². The van der Waals surface area contributed by atoms with E-state index < -0.39 is 0 Å². The highest BCUT2D eigenvalue weighted by atomic mass is 19.1. The van der Waals surface area contributed by atoms with E-state index in [1.807, 2.05) is 30.3 Å². The molecule has 0 saturated heterocycles. The first-order valence-corrected chi connectivity index (χ1v) is 7.51. The zero-order valence-corrected chi connectivity index (χ0v) is 12.8. The van der Waals surface area contributed by atoms with Crippen LogP contribution in [0.3, 0.4) is 0 Å². The molecule has 4 heteroatoms. The molecule has 0 spiro atoms. The molecule has 0 aromatic heterocycles. The lowest BCUT2D eigenvalue weighted by Gasteiger charge is -2.12. The number of aliphatic imine (C=N–C) groups is 1. The largest absolute Gasteiger partial charge is 0.356 e. The lowest BCUT2D eigenvalue weighted by atomic mass is 10.1. The summed E-state index contributed by atoms with van der Waals surface area (Å²) in [6.07, 6.45) is 1.79. The minimum Gasteiger partial charge on any atom is -0.356 e. The number of nitrogens with one attached hydrogen (secondary N) is 2. The van der Waals surface area contributed by atoms with E-state index >= 15 is 0 Å².